The number of carbonyl (C=O) groups excluding carboxylic acids is 1. The molecule has 0 saturated carbocycles. The van der Waals surface area contributed by atoms with Crippen LogP contribution in [-0.2, 0) is 11.3 Å². The molecule has 114 valence electrons. The van der Waals surface area contributed by atoms with E-state index in [0.717, 1.165) is 36.4 Å². The van der Waals surface area contributed by atoms with Crippen LogP contribution in [0.2, 0.25) is 0 Å². The summed E-state index contributed by atoms with van der Waals surface area (Å²) in [5.74, 6) is 1.66. The fourth-order valence-corrected chi connectivity index (χ4v) is 2.56. The van der Waals surface area contributed by atoms with E-state index in [0.29, 0.717) is 6.54 Å². The molecule has 2 aromatic carbocycles. The van der Waals surface area contributed by atoms with Crippen LogP contribution in [0, 0.1) is 0 Å². The van der Waals surface area contributed by atoms with Crippen molar-refractivity contribution in [3.63, 3.8) is 0 Å². The Kier molecular flexibility index (Phi) is 4.71. The molecule has 3 rings (SSSR count). The second kappa shape index (κ2) is 7.09. The quantitative estimate of drug-likeness (QED) is 0.892. The maximum Gasteiger partial charge on any atom is 0.237 e. The fraction of sp³-hybridized carbons (Fsp3) is 0.278. The van der Waals surface area contributed by atoms with E-state index in [1.165, 1.54) is 0 Å². The summed E-state index contributed by atoms with van der Waals surface area (Å²) in [4.78, 5) is 12.0. The second-order valence-corrected chi connectivity index (χ2v) is 5.43. The third kappa shape index (κ3) is 3.86. The molecular formula is C18H20N2O2. The Morgan fingerprint density at radius 2 is 1.95 bits per heavy atom. The molecule has 1 amide bonds. The Morgan fingerprint density at radius 3 is 2.73 bits per heavy atom. The normalized spacial score (nSPS) is 17.2. The van der Waals surface area contributed by atoms with Gasteiger partial charge in [0.1, 0.15) is 11.5 Å². The van der Waals surface area contributed by atoms with Gasteiger partial charge in [0.15, 0.2) is 0 Å². The molecule has 0 radical (unpaired) electrons. The van der Waals surface area contributed by atoms with Gasteiger partial charge in [-0.25, -0.2) is 0 Å². The van der Waals surface area contributed by atoms with Gasteiger partial charge in [0.2, 0.25) is 5.91 Å². The van der Waals surface area contributed by atoms with Crippen LogP contribution >= 0.6 is 0 Å². The van der Waals surface area contributed by atoms with Gasteiger partial charge in [-0.05, 0) is 49.2 Å². The Bertz CT molecular complexity index is 622. The van der Waals surface area contributed by atoms with Gasteiger partial charge in [-0.3, -0.25) is 4.79 Å². The van der Waals surface area contributed by atoms with Gasteiger partial charge in [-0.1, -0.05) is 30.3 Å². The third-order valence-corrected chi connectivity index (χ3v) is 3.72. The van der Waals surface area contributed by atoms with Gasteiger partial charge in [0, 0.05) is 6.54 Å². The smallest absolute Gasteiger partial charge is 0.237 e. The zero-order valence-corrected chi connectivity index (χ0v) is 12.4. The fourth-order valence-electron chi connectivity index (χ4n) is 2.56. The number of amides is 1. The Balaban J connectivity index is 1.58. The third-order valence-electron chi connectivity index (χ3n) is 3.72. The van der Waals surface area contributed by atoms with E-state index in [1.54, 1.807) is 0 Å². The van der Waals surface area contributed by atoms with Crippen LogP contribution in [0.3, 0.4) is 0 Å². The molecule has 4 nitrogen and oxygen atoms in total. The predicted octanol–water partition coefficient (Wildman–Crippen LogP) is 2.85. The monoisotopic (exact) mass is 296 g/mol. The van der Waals surface area contributed by atoms with E-state index in [4.69, 9.17) is 4.74 Å². The Hall–Kier alpha value is -2.33. The number of para-hydroxylation sites is 1. The number of rotatable bonds is 5. The van der Waals surface area contributed by atoms with E-state index in [-0.39, 0.29) is 11.9 Å². The van der Waals surface area contributed by atoms with Crippen molar-refractivity contribution in [3.8, 4) is 11.5 Å². The molecule has 1 heterocycles. The minimum absolute atomic E-state index is 0.0382. The van der Waals surface area contributed by atoms with E-state index in [2.05, 4.69) is 10.6 Å². The first-order valence-corrected chi connectivity index (χ1v) is 7.64. The first-order valence-electron chi connectivity index (χ1n) is 7.64. The van der Waals surface area contributed by atoms with Crippen molar-refractivity contribution in [2.24, 2.45) is 0 Å². The molecule has 1 atom stereocenters. The highest BCUT2D eigenvalue weighted by atomic mass is 16.5. The van der Waals surface area contributed by atoms with Crippen molar-refractivity contribution in [1.82, 2.24) is 10.6 Å². The number of benzene rings is 2. The van der Waals surface area contributed by atoms with Gasteiger partial charge in [0.05, 0.1) is 6.04 Å². The number of carbonyl (C=O) groups is 1. The van der Waals surface area contributed by atoms with Gasteiger partial charge in [-0.15, -0.1) is 0 Å². The van der Waals surface area contributed by atoms with E-state index in [9.17, 15) is 4.79 Å². The highest BCUT2D eigenvalue weighted by Gasteiger charge is 2.21. The summed E-state index contributed by atoms with van der Waals surface area (Å²) in [6.07, 6.45) is 1.99. The number of nitrogens with one attached hydrogen (secondary N) is 2. The molecule has 0 spiro atoms. The summed E-state index contributed by atoms with van der Waals surface area (Å²) < 4.78 is 5.80. The van der Waals surface area contributed by atoms with Gasteiger partial charge >= 0.3 is 0 Å². The molecule has 0 aliphatic carbocycles. The first kappa shape index (κ1) is 14.6. The summed E-state index contributed by atoms with van der Waals surface area (Å²) in [5.41, 5.74) is 1.03. The lowest BCUT2D eigenvalue weighted by Crippen LogP contribution is -2.39. The van der Waals surface area contributed by atoms with E-state index < -0.39 is 0 Å². The Labute approximate surface area is 130 Å². The summed E-state index contributed by atoms with van der Waals surface area (Å²) in [6, 6.07) is 17.4. The van der Waals surface area contributed by atoms with Crippen LogP contribution < -0.4 is 15.4 Å². The zero-order chi connectivity index (χ0) is 15.2. The lowest BCUT2D eigenvalue weighted by atomic mass is 10.2. The van der Waals surface area contributed by atoms with Crippen molar-refractivity contribution in [3.05, 3.63) is 60.2 Å². The highest BCUT2D eigenvalue weighted by Crippen LogP contribution is 2.21. The number of hydrogen-bond acceptors (Lipinski definition) is 3. The van der Waals surface area contributed by atoms with Gasteiger partial charge in [0.25, 0.3) is 0 Å². The van der Waals surface area contributed by atoms with Gasteiger partial charge in [-0.2, -0.15) is 0 Å². The molecule has 4 heteroatoms. The Morgan fingerprint density at radius 1 is 1.14 bits per heavy atom. The molecule has 0 aromatic heterocycles. The predicted molar refractivity (Wildman–Crippen MR) is 85.8 cm³/mol. The summed E-state index contributed by atoms with van der Waals surface area (Å²) in [6.45, 7) is 1.45. The average Bonchev–Trinajstić information content (AvgIpc) is 3.08. The molecule has 22 heavy (non-hydrogen) atoms. The topological polar surface area (TPSA) is 50.4 Å². The van der Waals surface area contributed by atoms with E-state index >= 15 is 0 Å². The molecule has 1 unspecified atom stereocenters. The largest absolute Gasteiger partial charge is 0.457 e. The maximum absolute atomic E-state index is 12.0. The molecule has 2 aromatic rings. The van der Waals surface area contributed by atoms with Crippen LogP contribution in [0.5, 0.6) is 11.5 Å². The summed E-state index contributed by atoms with van der Waals surface area (Å²) >= 11 is 0. The van der Waals surface area contributed by atoms with Crippen molar-refractivity contribution >= 4 is 5.91 Å². The van der Waals surface area contributed by atoms with Crippen LogP contribution in [0.25, 0.3) is 0 Å². The van der Waals surface area contributed by atoms with Crippen molar-refractivity contribution in [2.45, 2.75) is 25.4 Å². The summed E-state index contributed by atoms with van der Waals surface area (Å²) in [7, 11) is 0. The zero-order valence-electron chi connectivity index (χ0n) is 12.4. The minimum Gasteiger partial charge on any atom is -0.457 e. The maximum atomic E-state index is 12.0. The molecule has 0 bridgehead atoms. The number of hydrogen-bond donors (Lipinski definition) is 2. The van der Waals surface area contributed by atoms with Crippen molar-refractivity contribution < 1.29 is 9.53 Å². The molecular weight excluding hydrogens is 276 g/mol. The van der Waals surface area contributed by atoms with Crippen LogP contribution in [0.1, 0.15) is 18.4 Å². The molecule has 1 aliphatic heterocycles. The molecule has 1 aliphatic rings. The van der Waals surface area contributed by atoms with Crippen molar-refractivity contribution in [2.75, 3.05) is 6.54 Å². The number of ether oxygens (including phenoxy) is 1. The van der Waals surface area contributed by atoms with Crippen LogP contribution in [0.15, 0.2) is 54.6 Å². The minimum atomic E-state index is -0.0382. The summed E-state index contributed by atoms with van der Waals surface area (Å²) in [5, 5.41) is 6.17. The molecule has 2 N–H and O–H groups in total. The molecule has 1 saturated heterocycles. The first-order chi connectivity index (χ1) is 10.8. The second-order valence-electron chi connectivity index (χ2n) is 5.43. The van der Waals surface area contributed by atoms with Gasteiger partial charge < -0.3 is 15.4 Å². The average molecular weight is 296 g/mol. The lowest BCUT2D eigenvalue weighted by molar-refractivity contribution is -0.122. The SMILES string of the molecule is O=C(NCc1cccc(Oc2ccccc2)c1)C1CCCN1. The van der Waals surface area contributed by atoms with Crippen molar-refractivity contribution in [1.29, 1.82) is 0 Å². The van der Waals surface area contributed by atoms with E-state index in [1.807, 2.05) is 54.6 Å². The lowest BCUT2D eigenvalue weighted by Gasteiger charge is -2.12. The van der Waals surface area contributed by atoms with Crippen LogP contribution in [0.4, 0.5) is 0 Å². The van der Waals surface area contributed by atoms with Crippen LogP contribution in [-0.4, -0.2) is 18.5 Å². The highest BCUT2D eigenvalue weighted by molar-refractivity contribution is 5.81. The molecule has 1 fully saturated rings. The standard InChI is InChI=1S/C18H20N2O2/c21-18(17-10-5-11-19-17)20-13-14-6-4-9-16(12-14)22-15-7-2-1-3-8-15/h1-4,6-9,12,17,19H,5,10-11,13H2,(H,20,21).